The first kappa shape index (κ1) is 11.7. The number of benzene rings is 1. The molecular formula is C15H20N2O. The van der Waals surface area contributed by atoms with E-state index in [2.05, 4.69) is 5.32 Å². The molecule has 1 saturated heterocycles. The Balaban J connectivity index is 1.77. The number of nitrogens with one attached hydrogen (secondary N) is 1. The van der Waals surface area contributed by atoms with Crippen molar-refractivity contribution in [1.29, 1.82) is 0 Å². The molecule has 1 atom stereocenters. The Morgan fingerprint density at radius 3 is 2.61 bits per heavy atom. The number of nitrogens with zero attached hydrogens (tertiary/aromatic N) is 1. The second-order valence-electron chi connectivity index (χ2n) is 5.42. The number of rotatable bonds is 4. The van der Waals surface area contributed by atoms with Gasteiger partial charge in [0.1, 0.15) is 0 Å². The maximum atomic E-state index is 12.6. The van der Waals surface area contributed by atoms with Crippen LogP contribution in [0.1, 0.15) is 19.3 Å². The van der Waals surface area contributed by atoms with Crippen LogP contribution in [0.5, 0.6) is 0 Å². The maximum absolute atomic E-state index is 12.6. The molecule has 3 heteroatoms. The number of para-hydroxylation sites is 1. The average molecular weight is 244 g/mol. The molecule has 2 fully saturated rings. The normalized spacial score (nSPS) is 23.0. The number of hydrogen-bond acceptors (Lipinski definition) is 2. The van der Waals surface area contributed by atoms with E-state index in [-0.39, 0.29) is 5.92 Å². The second kappa shape index (κ2) is 5.11. The van der Waals surface area contributed by atoms with Gasteiger partial charge in [-0.3, -0.25) is 4.79 Å². The fourth-order valence-electron chi connectivity index (χ4n) is 2.58. The molecule has 1 saturated carbocycles. The average Bonchev–Trinajstić information content (AvgIpc) is 3.07. The highest BCUT2D eigenvalue weighted by Crippen LogP contribution is 2.32. The van der Waals surface area contributed by atoms with Crippen LogP contribution in [0, 0.1) is 11.8 Å². The fourth-order valence-corrected chi connectivity index (χ4v) is 2.58. The van der Waals surface area contributed by atoms with E-state index in [0.29, 0.717) is 5.91 Å². The Labute approximate surface area is 108 Å². The SMILES string of the molecule is O=C(C1CCNC1)N(CC1CC1)c1ccccc1. The molecule has 1 amide bonds. The topological polar surface area (TPSA) is 32.3 Å². The van der Waals surface area contributed by atoms with Crippen molar-refractivity contribution in [3.8, 4) is 0 Å². The van der Waals surface area contributed by atoms with Gasteiger partial charge in [0.15, 0.2) is 0 Å². The minimum atomic E-state index is 0.170. The molecule has 1 aromatic carbocycles. The summed E-state index contributed by atoms with van der Waals surface area (Å²) in [5, 5.41) is 3.28. The highest BCUT2D eigenvalue weighted by molar-refractivity contribution is 5.95. The summed E-state index contributed by atoms with van der Waals surface area (Å²) >= 11 is 0. The zero-order valence-corrected chi connectivity index (χ0v) is 10.6. The van der Waals surface area contributed by atoms with Crippen molar-refractivity contribution >= 4 is 11.6 Å². The minimum absolute atomic E-state index is 0.170. The first-order valence-electron chi connectivity index (χ1n) is 6.92. The molecule has 1 unspecified atom stereocenters. The fraction of sp³-hybridized carbons (Fsp3) is 0.533. The molecule has 1 aliphatic carbocycles. The molecule has 2 aliphatic rings. The summed E-state index contributed by atoms with van der Waals surface area (Å²) < 4.78 is 0. The van der Waals surface area contributed by atoms with Gasteiger partial charge in [0.25, 0.3) is 0 Å². The van der Waals surface area contributed by atoms with Crippen LogP contribution in [0.2, 0.25) is 0 Å². The van der Waals surface area contributed by atoms with Crippen molar-refractivity contribution in [1.82, 2.24) is 5.32 Å². The third kappa shape index (κ3) is 2.56. The lowest BCUT2D eigenvalue weighted by Gasteiger charge is -2.25. The molecule has 1 aliphatic heterocycles. The summed E-state index contributed by atoms with van der Waals surface area (Å²) in [6, 6.07) is 10.1. The van der Waals surface area contributed by atoms with Crippen LogP contribution in [0.25, 0.3) is 0 Å². The molecular weight excluding hydrogens is 224 g/mol. The molecule has 18 heavy (non-hydrogen) atoms. The quantitative estimate of drug-likeness (QED) is 0.879. The second-order valence-corrected chi connectivity index (χ2v) is 5.42. The molecule has 1 aromatic rings. The molecule has 0 bridgehead atoms. The number of anilines is 1. The van der Waals surface area contributed by atoms with E-state index in [1.54, 1.807) is 0 Å². The summed E-state index contributed by atoms with van der Waals surface area (Å²) in [6.07, 6.45) is 3.53. The van der Waals surface area contributed by atoms with Crippen LogP contribution < -0.4 is 10.2 Å². The summed E-state index contributed by atoms with van der Waals surface area (Å²) in [6.45, 7) is 2.72. The molecule has 1 heterocycles. The Morgan fingerprint density at radius 2 is 2.00 bits per heavy atom. The van der Waals surface area contributed by atoms with Gasteiger partial charge in [0.05, 0.1) is 5.92 Å². The van der Waals surface area contributed by atoms with E-state index in [1.165, 1.54) is 12.8 Å². The van der Waals surface area contributed by atoms with E-state index >= 15 is 0 Å². The van der Waals surface area contributed by atoms with Crippen LogP contribution in [0.4, 0.5) is 5.69 Å². The molecule has 0 aromatic heterocycles. The van der Waals surface area contributed by atoms with Crippen molar-refractivity contribution in [2.45, 2.75) is 19.3 Å². The van der Waals surface area contributed by atoms with Crippen molar-refractivity contribution in [2.24, 2.45) is 11.8 Å². The molecule has 0 spiro atoms. The standard InChI is InChI=1S/C15H20N2O/c18-15(13-8-9-16-10-13)17(11-12-6-7-12)14-4-2-1-3-5-14/h1-5,12-13,16H,6-11H2. The smallest absolute Gasteiger partial charge is 0.231 e. The number of carbonyl (C=O) groups excluding carboxylic acids is 1. The van der Waals surface area contributed by atoms with Crippen LogP contribution in [-0.2, 0) is 4.79 Å². The third-order valence-corrected chi connectivity index (χ3v) is 3.88. The van der Waals surface area contributed by atoms with Gasteiger partial charge < -0.3 is 10.2 Å². The summed E-state index contributed by atoms with van der Waals surface area (Å²) in [5.41, 5.74) is 1.06. The first-order chi connectivity index (χ1) is 8.84. The van der Waals surface area contributed by atoms with Crippen LogP contribution in [0.3, 0.4) is 0 Å². The lowest BCUT2D eigenvalue weighted by atomic mass is 10.1. The number of hydrogen-bond donors (Lipinski definition) is 1. The van der Waals surface area contributed by atoms with E-state index in [0.717, 1.165) is 37.7 Å². The zero-order valence-electron chi connectivity index (χ0n) is 10.6. The van der Waals surface area contributed by atoms with Gasteiger partial charge in [0, 0.05) is 18.8 Å². The van der Waals surface area contributed by atoms with Crippen molar-refractivity contribution in [2.75, 3.05) is 24.5 Å². The van der Waals surface area contributed by atoms with Gasteiger partial charge in [0.2, 0.25) is 5.91 Å². The van der Waals surface area contributed by atoms with Gasteiger partial charge in [-0.05, 0) is 43.9 Å². The first-order valence-corrected chi connectivity index (χ1v) is 6.92. The largest absolute Gasteiger partial charge is 0.316 e. The lowest BCUT2D eigenvalue weighted by molar-refractivity contribution is -0.121. The molecule has 3 nitrogen and oxygen atoms in total. The van der Waals surface area contributed by atoms with Crippen molar-refractivity contribution in [3.05, 3.63) is 30.3 Å². The highest BCUT2D eigenvalue weighted by atomic mass is 16.2. The molecule has 1 N–H and O–H groups in total. The van der Waals surface area contributed by atoms with Crippen LogP contribution in [-0.4, -0.2) is 25.5 Å². The zero-order chi connectivity index (χ0) is 12.4. The van der Waals surface area contributed by atoms with Crippen LogP contribution >= 0.6 is 0 Å². The third-order valence-electron chi connectivity index (χ3n) is 3.88. The van der Waals surface area contributed by atoms with Gasteiger partial charge >= 0.3 is 0 Å². The predicted molar refractivity (Wildman–Crippen MR) is 72.5 cm³/mol. The van der Waals surface area contributed by atoms with E-state index in [4.69, 9.17) is 0 Å². The van der Waals surface area contributed by atoms with Crippen molar-refractivity contribution in [3.63, 3.8) is 0 Å². The Hall–Kier alpha value is -1.35. The predicted octanol–water partition coefficient (Wildman–Crippen LogP) is 2.04. The van der Waals surface area contributed by atoms with Gasteiger partial charge in [-0.15, -0.1) is 0 Å². The lowest BCUT2D eigenvalue weighted by Crippen LogP contribution is -2.38. The summed E-state index contributed by atoms with van der Waals surface area (Å²) in [7, 11) is 0. The van der Waals surface area contributed by atoms with E-state index in [1.807, 2.05) is 35.2 Å². The Bertz CT molecular complexity index is 408. The Kier molecular flexibility index (Phi) is 3.33. The summed E-state index contributed by atoms with van der Waals surface area (Å²) in [5.74, 6) is 1.20. The highest BCUT2D eigenvalue weighted by Gasteiger charge is 2.32. The van der Waals surface area contributed by atoms with Gasteiger partial charge in [-0.2, -0.15) is 0 Å². The van der Waals surface area contributed by atoms with Gasteiger partial charge in [-0.25, -0.2) is 0 Å². The van der Waals surface area contributed by atoms with E-state index < -0.39 is 0 Å². The van der Waals surface area contributed by atoms with Crippen molar-refractivity contribution < 1.29 is 4.79 Å². The number of carbonyl (C=O) groups is 1. The summed E-state index contributed by atoms with van der Waals surface area (Å²) in [4.78, 5) is 14.6. The maximum Gasteiger partial charge on any atom is 0.231 e. The molecule has 0 radical (unpaired) electrons. The van der Waals surface area contributed by atoms with E-state index in [9.17, 15) is 4.79 Å². The Morgan fingerprint density at radius 1 is 1.22 bits per heavy atom. The molecule has 96 valence electrons. The van der Waals surface area contributed by atoms with Gasteiger partial charge in [-0.1, -0.05) is 18.2 Å². The number of amides is 1. The molecule has 3 rings (SSSR count). The monoisotopic (exact) mass is 244 g/mol. The minimum Gasteiger partial charge on any atom is -0.316 e. The van der Waals surface area contributed by atoms with Crippen LogP contribution in [0.15, 0.2) is 30.3 Å².